The second-order valence-electron chi connectivity index (χ2n) is 5.82. The van der Waals surface area contributed by atoms with Crippen molar-refractivity contribution in [3.63, 3.8) is 0 Å². The molecule has 8 heteroatoms. The molecule has 0 aliphatic carbocycles. The number of hydrogen-bond donors (Lipinski definition) is 0. The van der Waals surface area contributed by atoms with Crippen molar-refractivity contribution in [3.8, 4) is 11.5 Å². The molecule has 2 aliphatic heterocycles. The van der Waals surface area contributed by atoms with Crippen LogP contribution in [0.15, 0.2) is 28.7 Å². The molecule has 7 nitrogen and oxygen atoms in total. The Kier molecular flexibility index (Phi) is 3.99. The van der Waals surface area contributed by atoms with Crippen LogP contribution in [-0.2, 0) is 9.47 Å². The molecule has 4 rings (SSSR count). The molecular weight excluding hydrogens is 334 g/mol. The SMILES string of the molecule is O=C(c1nnc(-c2ccc(Cl)cc2)o1)N1CCC2(CC1)OCCO2. The van der Waals surface area contributed by atoms with E-state index in [-0.39, 0.29) is 11.8 Å². The highest BCUT2D eigenvalue weighted by atomic mass is 35.5. The fourth-order valence-electron chi connectivity index (χ4n) is 2.99. The summed E-state index contributed by atoms with van der Waals surface area (Å²) in [7, 11) is 0. The number of amides is 1. The Morgan fingerprint density at radius 1 is 1.08 bits per heavy atom. The first-order valence-electron chi connectivity index (χ1n) is 7.82. The van der Waals surface area contributed by atoms with Gasteiger partial charge in [0.05, 0.1) is 13.2 Å². The number of carbonyl (C=O) groups excluding carboxylic acids is 1. The summed E-state index contributed by atoms with van der Waals surface area (Å²) in [5.74, 6) is -0.495. The number of likely N-dealkylation sites (tertiary alicyclic amines) is 1. The second-order valence-corrected chi connectivity index (χ2v) is 6.26. The molecule has 1 spiro atoms. The summed E-state index contributed by atoms with van der Waals surface area (Å²) < 4.78 is 16.9. The van der Waals surface area contributed by atoms with E-state index < -0.39 is 5.79 Å². The lowest BCUT2D eigenvalue weighted by atomic mass is 10.0. The Balaban J connectivity index is 1.45. The van der Waals surface area contributed by atoms with E-state index >= 15 is 0 Å². The molecule has 2 fully saturated rings. The minimum atomic E-state index is -0.514. The Morgan fingerprint density at radius 3 is 2.42 bits per heavy atom. The third-order valence-corrected chi connectivity index (χ3v) is 4.58. The van der Waals surface area contributed by atoms with Crippen molar-refractivity contribution >= 4 is 17.5 Å². The summed E-state index contributed by atoms with van der Waals surface area (Å²) in [6, 6.07) is 7.00. The Labute approximate surface area is 143 Å². The second kappa shape index (κ2) is 6.16. The average molecular weight is 350 g/mol. The van der Waals surface area contributed by atoms with Crippen LogP contribution in [0.25, 0.3) is 11.5 Å². The Morgan fingerprint density at radius 2 is 1.75 bits per heavy atom. The molecule has 0 radical (unpaired) electrons. The van der Waals surface area contributed by atoms with E-state index in [2.05, 4.69) is 10.2 Å². The fraction of sp³-hybridized carbons (Fsp3) is 0.438. The highest BCUT2D eigenvalue weighted by molar-refractivity contribution is 6.30. The predicted molar refractivity (Wildman–Crippen MR) is 84.5 cm³/mol. The molecular formula is C16H16ClN3O4. The summed E-state index contributed by atoms with van der Waals surface area (Å²) in [6.45, 7) is 2.30. The standard InChI is InChI=1S/C16H16ClN3O4/c17-12-3-1-11(2-4-12)13-18-19-14(24-13)15(21)20-7-5-16(6-8-20)22-9-10-23-16/h1-4H,5-10H2. The fourth-order valence-corrected chi connectivity index (χ4v) is 3.12. The number of carbonyl (C=O) groups is 1. The lowest BCUT2D eigenvalue weighted by Gasteiger charge is -2.36. The van der Waals surface area contributed by atoms with Crippen LogP contribution in [0.1, 0.15) is 23.5 Å². The average Bonchev–Trinajstić information content (AvgIpc) is 3.26. The van der Waals surface area contributed by atoms with Crippen LogP contribution in [-0.4, -0.2) is 53.1 Å². The first-order chi connectivity index (χ1) is 11.7. The van der Waals surface area contributed by atoms with Crippen molar-refractivity contribution in [1.29, 1.82) is 0 Å². The molecule has 1 aromatic heterocycles. The smallest absolute Gasteiger partial charge is 0.311 e. The maximum atomic E-state index is 12.5. The number of aromatic nitrogens is 2. The zero-order valence-corrected chi connectivity index (χ0v) is 13.7. The molecule has 2 aliphatic rings. The maximum absolute atomic E-state index is 12.5. The number of piperidine rings is 1. The van der Waals surface area contributed by atoms with Crippen LogP contribution in [0, 0.1) is 0 Å². The van der Waals surface area contributed by atoms with E-state index in [9.17, 15) is 4.79 Å². The van der Waals surface area contributed by atoms with Crippen molar-refractivity contribution in [2.24, 2.45) is 0 Å². The predicted octanol–water partition coefficient (Wildman–Crippen LogP) is 2.37. The Hall–Kier alpha value is -1.96. The number of rotatable bonds is 2. The molecule has 1 amide bonds. The van der Waals surface area contributed by atoms with Crippen LogP contribution in [0.2, 0.25) is 5.02 Å². The van der Waals surface area contributed by atoms with Crippen molar-refractivity contribution in [3.05, 3.63) is 35.2 Å². The van der Waals surface area contributed by atoms with Gasteiger partial charge in [-0.2, -0.15) is 0 Å². The van der Waals surface area contributed by atoms with Gasteiger partial charge in [-0.1, -0.05) is 11.6 Å². The number of nitrogens with zero attached hydrogens (tertiary/aromatic N) is 3. The zero-order chi connectivity index (χ0) is 16.6. The maximum Gasteiger partial charge on any atom is 0.311 e. The van der Waals surface area contributed by atoms with E-state index in [1.807, 2.05) is 0 Å². The van der Waals surface area contributed by atoms with E-state index in [0.717, 1.165) is 5.56 Å². The molecule has 0 unspecified atom stereocenters. The van der Waals surface area contributed by atoms with Gasteiger partial charge in [0.15, 0.2) is 5.79 Å². The van der Waals surface area contributed by atoms with Gasteiger partial charge >= 0.3 is 11.8 Å². The van der Waals surface area contributed by atoms with Crippen LogP contribution in [0.4, 0.5) is 0 Å². The van der Waals surface area contributed by atoms with Crippen molar-refractivity contribution in [2.45, 2.75) is 18.6 Å². The summed E-state index contributed by atoms with van der Waals surface area (Å²) in [5, 5.41) is 8.44. The first-order valence-corrected chi connectivity index (χ1v) is 8.20. The molecule has 0 N–H and O–H groups in total. The van der Waals surface area contributed by atoms with Gasteiger partial charge < -0.3 is 18.8 Å². The van der Waals surface area contributed by atoms with Gasteiger partial charge in [0.2, 0.25) is 5.89 Å². The van der Waals surface area contributed by atoms with Crippen LogP contribution < -0.4 is 0 Å². The minimum absolute atomic E-state index is 0.0100. The van der Waals surface area contributed by atoms with Gasteiger partial charge in [0.25, 0.3) is 0 Å². The Bertz CT molecular complexity index is 730. The topological polar surface area (TPSA) is 77.7 Å². The molecule has 3 heterocycles. The molecule has 0 atom stereocenters. The molecule has 0 bridgehead atoms. The van der Waals surface area contributed by atoms with E-state index in [1.165, 1.54) is 0 Å². The molecule has 126 valence electrons. The number of halogens is 1. The highest BCUT2D eigenvalue weighted by Gasteiger charge is 2.41. The number of hydrogen-bond acceptors (Lipinski definition) is 6. The van der Waals surface area contributed by atoms with Crippen LogP contribution >= 0.6 is 11.6 Å². The summed E-state index contributed by atoms with van der Waals surface area (Å²) in [6.07, 6.45) is 1.30. The number of ether oxygens (including phenoxy) is 2. The van der Waals surface area contributed by atoms with Gasteiger partial charge in [0.1, 0.15) is 0 Å². The van der Waals surface area contributed by atoms with Crippen molar-refractivity contribution in [1.82, 2.24) is 15.1 Å². The van der Waals surface area contributed by atoms with Crippen LogP contribution in [0.3, 0.4) is 0 Å². The van der Waals surface area contributed by atoms with Gasteiger partial charge in [-0.05, 0) is 24.3 Å². The molecule has 0 saturated carbocycles. The lowest BCUT2D eigenvalue weighted by Crippen LogP contribution is -2.47. The number of benzene rings is 1. The summed E-state index contributed by atoms with van der Waals surface area (Å²) in [4.78, 5) is 14.2. The third-order valence-electron chi connectivity index (χ3n) is 4.33. The van der Waals surface area contributed by atoms with Crippen molar-refractivity contribution < 1.29 is 18.7 Å². The van der Waals surface area contributed by atoms with E-state index in [1.54, 1.807) is 29.2 Å². The first kappa shape index (κ1) is 15.6. The monoisotopic (exact) mass is 349 g/mol. The van der Waals surface area contributed by atoms with Gasteiger partial charge in [-0.25, -0.2) is 0 Å². The van der Waals surface area contributed by atoms with E-state index in [4.69, 9.17) is 25.5 Å². The molecule has 2 aromatic rings. The largest absolute Gasteiger partial charge is 0.412 e. The van der Waals surface area contributed by atoms with Gasteiger partial charge in [-0.3, -0.25) is 4.79 Å². The van der Waals surface area contributed by atoms with Crippen molar-refractivity contribution in [2.75, 3.05) is 26.3 Å². The molecule has 24 heavy (non-hydrogen) atoms. The zero-order valence-electron chi connectivity index (χ0n) is 12.9. The van der Waals surface area contributed by atoms with Gasteiger partial charge in [0, 0.05) is 36.5 Å². The lowest BCUT2D eigenvalue weighted by molar-refractivity contribution is -0.181. The molecule has 2 saturated heterocycles. The highest BCUT2D eigenvalue weighted by Crippen LogP contribution is 2.31. The quantitative estimate of drug-likeness (QED) is 0.828. The van der Waals surface area contributed by atoms with Gasteiger partial charge in [-0.15, -0.1) is 10.2 Å². The molecule has 1 aromatic carbocycles. The van der Waals surface area contributed by atoms with E-state index in [0.29, 0.717) is 50.1 Å². The normalized spacial score (nSPS) is 19.8. The summed E-state index contributed by atoms with van der Waals surface area (Å²) in [5.41, 5.74) is 0.719. The summed E-state index contributed by atoms with van der Waals surface area (Å²) >= 11 is 5.86. The van der Waals surface area contributed by atoms with Crippen LogP contribution in [0.5, 0.6) is 0 Å². The third kappa shape index (κ3) is 2.90. The minimum Gasteiger partial charge on any atom is -0.412 e.